The zero-order valence-electron chi connectivity index (χ0n) is 14.3. The molecule has 0 unspecified atom stereocenters. The van der Waals surface area contributed by atoms with Crippen LogP contribution in [0.3, 0.4) is 0 Å². The Morgan fingerprint density at radius 2 is 1.37 bits per heavy atom. The number of carbonyl (C=O) groups is 2. The fraction of sp³-hybridized carbons (Fsp3) is 0.0476. The fourth-order valence-electron chi connectivity index (χ4n) is 2.31. The van der Waals surface area contributed by atoms with Crippen LogP contribution >= 0.6 is 11.6 Å². The molecule has 3 aromatic rings. The third-order valence-electron chi connectivity index (χ3n) is 3.65. The monoisotopic (exact) mass is 380 g/mol. The summed E-state index contributed by atoms with van der Waals surface area (Å²) < 4.78 is 5.46. The normalized spacial score (nSPS) is 10.1. The highest BCUT2D eigenvalue weighted by atomic mass is 35.5. The van der Waals surface area contributed by atoms with Crippen LogP contribution in [-0.4, -0.2) is 18.4 Å². The highest BCUT2D eigenvalue weighted by Crippen LogP contribution is 2.17. The van der Waals surface area contributed by atoms with Gasteiger partial charge in [-0.3, -0.25) is 9.59 Å². The first kappa shape index (κ1) is 18.5. The second-order valence-corrected chi connectivity index (χ2v) is 6.12. The summed E-state index contributed by atoms with van der Waals surface area (Å²) in [6, 6.07) is 22.6. The van der Waals surface area contributed by atoms with E-state index >= 15 is 0 Å². The van der Waals surface area contributed by atoms with Crippen LogP contribution in [0.1, 0.15) is 10.4 Å². The molecule has 27 heavy (non-hydrogen) atoms. The average molecular weight is 381 g/mol. The molecule has 6 heteroatoms. The zero-order valence-corrected chi connectivity index (χ0v) is 15.1. The van der Waals surface area contributed by atoms with Crippen molar-refractivity contribution in [2.24, 2.45) is 0 Å². The predicted octanol–water partition coefficient (Wildman–Crippen LogP) is 4.61. The number of benzene rings is 3. The minimum Gasteiger partial charge on any atom is -0.484 e. The average Bonchev–Trinajstić information content (AvgIpc) is 2.70. The first-order chi connectivity index (χ1) is 13.1. The number of hydrogen-bond acceptors (Lipinski definition) is 3. The topological polar surface area (TPSA) is 67.4 Å². The summed E-state index contributed by atoms with van der Waals surface area (Å²) in [5.74, 6) is 0.0596. The Hall–Kier alpha value is -3.31. The molecular formula is C21H17ClN2O3. The molecule has 0 fully saturated rings. The molecule has 0 radical (unpaired) electrons. The SMILES string of the molecule is O=C(COc1ccc(NC(=O)c2ccccc2)cc1)Nc1ccc(Cl)cc1. The van der Waals surface area contributed by atoms with E-state index in [9.17, 15) is 9.59 Å². The predicted molar refractivity (Wildman–Crippen MR) is 106 cm³/mol. The largest absolute Gasteiger partial charge is 0.484 e. The molecular weight excluding hydrogens is 364 g/mol. The van der Waals surface area contributed by atoms with E-state index in [2.05, 4.69) is 10.6 Å². The van der Waals surface area contributed by atoms with Gasteiger partial charge in [0.05, 0.1) is 0 Å². The van der Waals surface area contributed by atoms with Crippen molar-refractivity contribution in [2.75, 3.05) is 17.2 Å². The maximum absolute atomic E-state index is 12.1. The molecule has 0 saturated carbocycles. The van der Waals surface area contributed by atoms with Gasteiger partial charge in [-0.05, 0) is 60.7 Å². The summed E-state index contributed by atoms with van der Waals surface area (Å²) in [6.07, 6.45) is 0. The van der Waals surface area contributed by atoms with Gasteiger partial charge in [-0.25, -0.2) is 0 Å². The van der Waals surface area contributed by atoms with Crippen molar-refractivity contribution >= 4 is 34.8 Å². The molecule has 0 bridgehead atoms. The van der Waals surface area contributed by atoms with Crippen LogP contribution in [0, 0.1) is 0 Å². The quantitative estimate of drug-likeness (QED) is 0.656. The van der Waals surface area contributed by atoms with Crippen molar-refractivity contribution in [3.63, 3.8) is 0 Å². The molecule has 0 aliphatic carbocycles. The second-order valence-electron chi connectivity index (χ2n) is 5.69. The number of anilines is 2. The molecule has 0 spiro atoms. The minimum absolute atomic E-state index is 0.127. The Balaban J connectivity index is 1.49. The Morgan fingerprint density at radius 1 is 0.778 bits per heavy atom. The molecule has 3 rings (SSSR count). The van der Waals surface area contributed by atoms with E-state index in [-0.39, 0.29) is 18.4 Å². The molecule has 5 nitrogen and oxygen atoms in total. The van der Waals surface area contributed by atoms with Crippen molar-refractivity contribution < 1.29 is 14.3 Å². The van der Waals surface area contributed by atoms with Crippen LogP contribution < -0.4 is 15.4 Å². The molecule has 2 amide bonds. The van der Waals surface area contributed by atoms with Crippen molar-refractivity contribution in [3.8, 4) is 5.75 Å². The molecule has 0 heterocycles. The highest BCUT2D eigenvalue weighted by molar-refractivity contribution is 6.30. The van der Waals surface area contributed by atoms with Crippen molar-refractivity contribution in [1.29, 1.82) is 0 Å². The lowest BCUT2D eigenvalue weighted by molar-refractivity contribution is -0.118. The summed E-state index contributed by atoms with van der Waals surface area (Å²) in [7, 11) is 0. The lowest BCUT2D eigenvalue weighted by atomic mass is 10.2. The van der Waals surface area contributed by atoms with Gasteiger partial charge >= 0.3 is 0 Å². The Morgan fingerprint density at radius 3 is 2.04 bits per heavy atom. The lowest BCUT2D eigenvalue weighted by Gasteiger charge is -2.09. The molecule has 0 atom stereocenters. The van der Waals surface area contributed by atoms with Gasteiger partial charge in [-0.2, -0.15) is 0 Å². The summed E-state index contributed by atoms with van der Waals surface area (Å²) >= 11 is 5.80. The van der Waals surface area contributed by atoms with Crippen LogP contribution in [0.2, 0.25) is 5.02 Å². The maximum atomic E-state index is 12.1. The van der Waals surface area contributed by atoms with Gasteiger partial charge in [0.25, 0.3) is 11.8 Å². The summed E-state index contributed by atoms with van der Waals surface area (Å²) in [5, 5.41) is 6.12. The summed E-state index contributed by atoms with van der Waals surface area (Å²) in [5.41, 5.74) is 1.87. The number of ether oxygens (including phenoxy) is 1. The van der Waals surface area contributed by atoms with E-state index in [1.165, 1.54) is 0 Å². The number of amides is 2. The van der Waals surface area contributed by atoms with Crippen LogP contribution in [0.5, 0.6) is 5.75 Å². The van der Waals surface area contributed by atoms with E-state index in [1.807, 2.05) is 6.07 Å². The lowest BCUT2D eigenvalue weighted by Crippen LogP contribution is -2.20. The number of carbonyl (C=O) groups excluding carboxylic acids is 2. The van der Waals surface area contributed by atoms with Gasteiger partial charge < -0.3 is 15.4 Å². The molecule has 2 N–H and O–H groups in total. The number of halogens is 1. The van der Waals surface area contributed by atoms with E-state index < -0.39 is 0 Å². The summed E-state index contributed by atoms with van der Waals surface area (Å²) in [6.45, 7) is -0.127. The van der Waals surface area contributed by atoms with E-state index in [1.54, 1.807) is 72.8 Å². The number of rotatable bonds is 6. The van der Waals surface area contributed by atoms with Crippen LogP contribution in [0.25, 0.3) is 0 Å². The van der Waals surface area contributed by atoms with E-state index in [4.69, 9.17) is 16.3 Å². The molecule has 136 valence electrons. The molecule has 3 aromatic carbocycles. The van der Waals surface area contributed by atoms with Crippen molar-refractivity contribution in [1.82, 2.24) is 0 Å². The second kappa shape index (κ2) is 8.87. The molecule has 0 aliphatic heterocycles. The Kier molecular flexibility index (Phi) is 6.07. The molecule has 0 saturated heterocycles. The molecule has 0 aliphatic rings. The standard InChI is InChI=1S/C21H17ClN2O3/c22-16-6-8-17(9-7-16)23-20(25)14-27-19-12-10-18(11-13-19)24-21(26)15-4-2-1-3-5-15/h1-13H,14H2,(H,23,25)(H,24,26). The van der Waals surface area contributed by atoms with Gasteiger partial charge in [0.2, 0.25) is 0 Å². The minimum atomic E-state index is -0.279. The van der Waals surface area contributed by atoms with Gasteiger partial charge in [0.1, 0.15) is 5.75 Å². The third kappa shape index (κ3) is 5.59. The van der Waals surface area contributed by atoms with Crippen molar-refractivity contribution in [3.05, 3.63) is 89.4 Å². The highest BCUT2D eigenvalue weighted by Gasteiger charge is 2.06. The Bertz CT molecular complexity index is 910. The van der Waals surface area contributed by atoms with E-state index in [0.29, 0.717) is 27.7 Å². The van der Waals surface area contributed by atoms with Gasteiger partial charge in [-0.1, -0.05) is 29.8 Å². The number of nitrogens with one attached hydrogen (secondary N) is 2. The van der Waals surface area contributed by atoms with Gasteiger partial charge in [-0.15, -0.1) is 0 Å². The Labute approximate surface area is 161 Å². The fourth-order valence-corrected chi connectivity index (χ4v) is 2.43. The zero-order chi connectivity index (χ0) is 19.1. The van der Waals surface area contributed by atoms with Crippen LogP contribution in [-0.2, 0) is 4.79 Å². The summed E-state index contributed by atoms with van der Waals surface area (Å²) in [4.78, 5) is 24.0. The molecule has 0 aromatic heterocycles. The van der Waals surface area contributed by atoms with E-state index in [0.717, 1.165) is 0 Å². The first-order valence-corrected chi connectivity index (χ1v) is 8.62. The third-order valence-corrected chi connectivity index (χ3v) is 3.90. The number of hydrogen-bond donors (Lipinski definition) is 2. The maximum Gasteiger partial charge on any atom is 0.262 e. The van der Waals surface area contributed by atoms with Gasteiger partial charge in [0, 0.05) is 22.0 Å². The van der Waals surface area contributed by atoms with Gasteiger partial charge in [0.15, 0.2) is 6.61 Å². The smallest absolute Gasteiger partial charge is 0.262 e. The van der Waals surface area contributed by atoms with Crippen molar-refractivity contribution in [2.45, 2.75) is 0 Å². The van der Waals surface area contributed by atoms with Crippen LogP contribution in [0.15, 0.2) is 78.9 Å². The van der Waals surface area contributed by atoms with Crippen LogP contribution in [0.4, 0.5) is 11.4 Å². The first-order valence-electron chi connectivity index (χ1n) is 8.25.